The summed E-state index contributed by atoms with van der Waals surface area (Å²) in [6.07, 6.45) is 1.59. The lowest BCUT2D eigenvalue weighted by Crippen LogP contribution is -2.10. The number of hydrogen-bond donors (Lipinski definition) is 1. The maximum absolute atomic E-state index is 12.5. The van der Waals surface area contributed by atoms with Gasteiger partial charge >= 0.3 is 0 Å². The fraction of sp³-hybridized carbons (Fsp3) is 0.263. The van der Waals surface area contributed by atoms with E-state index in [1.165, 1.54) is 26.4 Å². The number of benzene rings is 2. The molecule has 0 unspecified atom stereocenters. The molecular formula is C19H22ClNO4S. The summed E-state index contributed by atoms with van der Waals surface area (Å²) in [6.45, 7) is 5.91. The van der Waals surface area contributed by atoms with Crippen LogP contribution in [0.15, 0.2) is 29.7 Å². The van der Waals surface area contributed by atoms with E-state index >= 15 is 0 Å². The van der Waals surface area contributed by atoms with E-state index in [2.05, 4.69) is 4.72 Å². The highest BCUT2D eigenvalue weighted by Gasteiger charge is 2.15. The van der Waals surface area contributed by atoms with Gasteiger partial charge in [0.1, 0.15) is 11.5 Å². The molecule has 0 heterocycles. The summed E-state index contributed by atoms with van der Waals surface area (Å²) in [6, 6.07) is 7.00. The normalized spacial score (nSPS) is 11.6. The minimum Gasteiger partial charge on any atom is -0.495 e. The van der Waals surface area contributed by atoms with Crippen LogP contribution in [-0.4, -0.2) is 22.6 Å². The number of sulfonamides is 1. The highest BCUT2D eigenvalue weighted by molar-refractivity contribution is 7.95. The van der Waals surface area contributed by atoms with Gasteiger partial charge in [-0.1, -0.05) is 29.3 Å². The van der Waals surface area contributed by atoms with Gasteiger partial charge in [-0.2, -0.15) is 0 Å². The molecule has 0 aromatic heterocycles. The number of halogens is 1. The van der Waals surface area contributed by atoms with Crippen molar-refractivity contribution >= 4 is 33.4 Å². The number of rotatable bonds is 6. The van der Waals surface area contributed by atoms with Gasteiger partial charge in [0.2, 0.25) is 0 Å². The zero-order valence-corrected chi connectivity index (χ0v) is 17.0. The van der Waals surface area contributed by atoms with E-state index in [0.29, 0.717) is 11.5 Å². The molecule has 0 spiro atoms. The largest absolute Gasteiger partial charge is 0.495 e. The van der Waals surface area contributed by atoms with Crippen molar-refractivity contribution in [3.05, 3.63) is 56.9 Å². The smallest absolute Gasteiger partial charge is 0.255 e. The summed E-state index contributed by atoms with van der Waals surface area (Å²) >= 11 is 6.08. The van der Waals surface area contributed by atoms with Gasteiger partial charge in [-0.15, -0.1) is 0 Å². The van der Waals surface area contributed by atoms with Crippen molar-refractivity contribution in [3.8, 4) is 11.5 Å². The molecule has 0 radical (unpaired) electrons. The fourth-order valence-electron chi connectivity index (χ4n) is 2.74. The van der Waals surface area contributed by atoms with Crippen LogP contribution in [-0.2, 0) is 10.0 Å². The first-order valence-corrected chi connectivity index (χ1v) is 9.79. The molecule has 0 aliphatic rings. The third-order valence-corrected chi connectivity index (χ3v) is 5.17. The molecule has 2 rings (SSSR count). The van der Waals surface area contributed by atoms with Crippen LogP contribution in [0.25, 0.3) is 6.08 Å². The van der Waals surface area contributed by atoms with Crippen LogP contribution < -0.4 is 14.2 Å². The zero-order chi connectivity index (χ0) is 19.5. The third-order valence-electron chi connectivity index (χ3n) is 3.88. The highest BCUT2D eigenvalue weighted by atomic mass is 35.5. The van der Waals surface area contributed by atoms with Crippen molar-refractivity contribution in [2.45, 2.75) is 20.8 Å². The summed E-state index contributed by atoms with van der Waals surface area (Å²) in [5, 5.41) is 1.41. The zero-order valence-electron chi connectivity index (χ0n) is 15.4. The number of methoxy groups -OCH3 is 2. The van der Waals surface area contributed by atoms with Crippen molar-refractivity contribution in [1.82, 2.24) is 0 Å². The van der Waals surface area contributed by atoms with Gasteiger partial charge in [-0.25, -0.2) is 8.42 Å². The molecule has 0 fully saturated rings. The first-order chi connectivity index (χ1) is 12.2. The summed E-state index contributed by atoms with van der Waals surface area (Å²) in [5.41, 5.74) is 4.27. The van der Waals surface area contributed by atoms with Gasteiger partial charge in [0, 0.05) is 6.07 Å². The Hall–Kier alpha value is -2.18. The molecule has 1 N–H and O–H groups in total. The molecule has 5 nitrogen and oxygen atoms in total. The molecule has 26 heavy (non-hydrogen) atoms. The van der Waals surface area contributed by atoms with E-state index in [9.17, 15) is 8.42 Å². The Morgan fingerprint density at radius 2 is 1.54 bits per heavy atom. The summed E-state index contributed by atoms with van der Waals surface area (Å²) in [4.78, 5) is 0. The molecule has 2 aromatic rings. The predicted molar refractivity (Wildman–Crippen MR) is 107 cm³/mol. The second kappa shape index (κ2) is 8.01. The molecule has 0 amide bonds. The monoisotopic (exact) mass is 395 g/mol. The number of anilines is 1. The summed E-state index contributed by atoms with van der Waals surface area (Å²) < 4.78 is 37.7. The minimum atomic E-state index is -3.76. The lowest BCUT2D eigenvalue weighted by Gasteiger charge is -2.13. The van der Waals surface area contributed by atoms with Crippen LogP contribution in [0.4, 0.5) is 5.69 Å². The maximum Gasteiger partial charge on any atom is 0.255 e. The molecule has 0 aliphatic heterocycles. The molecule has 2 aromatic carbocycles. The van der Waals surface area contributed by atoms with Gasteiger partial charge in [-0.3, -0.25) is 4.72 Å². The van der Waals surface area contributed by atoms with Crippen molar-refractivity contribution in [2.24, 2.45) is 0 Å². The van der Waals surface area contributed by atoms with Crippen LogP contribution >= 0.6 is 11.6 Å². The molecular weight excluding hydrogens is 374 g/mol. The van der Waals surface area contributed by atoms with E-state index in [1.807, 2.05) is 32.9 Å². The standard InChI is InChI=1S/C19H22ClNO4S/c1-12-8-13(2)15(14(3)9-12)6-7-26(22,23)21-17-10-16(20)18(24-4)11-19(17)25-5/h6-11,21H,1-5H3. The van der Waals surface area contributed by atoms with Crippen LogP contribution in [0, 0.1) is 20.8 Å². The van der Waals surface area contributed by atoms with Gasteiger partial charge in [-0.05, 0) is 49.6 Å². The molecule has 0 saturated heterocycles. The van der Waals surface area contributed by atoms with Gasteiger partial charge < -0.3 is 9.47 Å². The van der Waals surface area contributed by atoms with Crippen molar-refractivity contribution in [2.75, 3.05) is 18.9 Å². The topological polar surface area (TPSA) is 64.6 Å². The Bertz CT molecular complexity index is 929. The highest BCUT2D eigenvalue weighted by Crippen LogP contribution is 2.36. The van der Waals surface area contributed by atoms with E-state index < -0.39 is 10.0 Å². The molecule has 0 aliphatic carbocycles. The lowest BCUT2D eigenvalue weighted by molar-refractivity contribution is 0.396. The number of ether oxygens (including phenoxy) is 2. The number of aryl methyl sites for hydroxylation is 3. The first kappa shape index (κ1) is 20.1. The van der Waals surface area contributed by atoms with Crippen molar-refractivity contribution in [1.29, 1.82) is 0 Å². The second-order valence-corrected chi connectivity index (χ2v) is 7.92. The van der Waals surface area contributed by atoms with Gasteiger partial charge in [0.05, 0.1) is 30.3 Å². The van der Waals surface area contributed by atoms with Gasteiger partial charge in [0.25, 0.3) is 10.0 Å². The Labute approximate surface area is 159 Å². The van der Waals surface area contributed by atoms with Gasteiger partial charge in [0.15, 0.2) is 0 Å². The van der Waals surface area contributed by atoms with Crippen LogP contribution in [0.1, 0.15) is 22.3 Å². The van der Waals surface area contributed by atoms with Crippen LogP contribution in [0.3, 0.4) is 0 Å². The quantitative estimate of drug-likeness (QED) is 0.770. The lowest BCUT2D eigenvalue weighted by atomic mass is 10.0. The van der Waals surface area contributed by atoms with E-state index in [0.717, 1.165) is 27.7 Å². The minimum absolute atomic E-state index is 0.236. The maximum atomic E-state index is 12.5. The first-order valence-electron chi connectivity index (χ1n) is 7.87. The van der Waals surface area contributed by atoms with E-state index in [-0.39, 0.29) is 10.7 Å². The Kier molecular flexibility index (Phi) is 6.21. The molecule has 0 atom stereocenters. The third kappa shape index (κ3) is 4.71. The molecule has 7 heteroatoms. The average molecular weight is 396 g/mol. The molecule has 0 saturated carbocycles. The number of nitrogens with one attached hydrogen (secondary N) is 1. The van der Waals surface area contributed by atoms with Crippen LogP contribution in [0.2, 0.25) is 5.02 Å². The van der Waals surface area contributed by atoms with Crippen molar-refractivity contribution < 1.29 is 17.9 Å². The van der Waals surface area contributed by atoms with E-state index in [1.54, 1.807) is 6.08 Å². The summed E-state index contributed by atoms with van der Waals surface area (Å²) in [7, 11) is -0.844. The number of hydrogen-bond acceptors (Lipinski definition) is 4. The predicted octanol–water partition coefficient (Wildman–Crippen LogP) is 4.70. The molecule has 140 valence electrons. The average Bonchev–Trinajstić information content (AvgIpc) is 2.53. The summed E-state index contributed by atoms with van der Waals surface area (Å²) in [5.74, 6) is 0.707. The Balaban J connectivity index is 2.34. The SMILES string of the molecule is COc1cc(OC)c(NS(=O)(=O)C=Cc2c(C)cc(C)cc2C)cc1Cl. The second-order valence-electron chi connectivity index (χ2n) is 5.95. The molecule has 0 bridgehead atoms. The Morgan fingerprint density at radius 3 is 2.08 bits per heavy atom. The Morgan fingerprint density at radius 1 is 0.962 bits per heavy atom. The fourth-order valence-corrected chi connectivity index (χ4v) is 3.83. The van der Waals surface area contributed by atoms with Crippen molar-refractivity contribution in [3.63, 3.8) is 0 Å². The van der Waals surface area contributed by atoms with Crippen LogP contribution in [0.5, 0.6) is 11.5 Å². The van der Waals surface area contributed by atoms with E-state index in [4.69, 9.17) is 21.1 Å².